The van der Waals surface area contributed by atoms with Gasteiger partial charge in [0.1, 0.15) is 9.75 Å². The second-order valence-electron chi connectivity index (χ2n) is 6.30. The topological polar surface area (TPSA) is 63.7 Å². The van der Waals surface area contributed by atoms with E-state index in [1.165, 1.54) is 12.1 Å². The molecule has 2 fully saturated rings. The van der Waals surface area contributed by atoms with Gasteiger partial charge in [0.2, 0.25) is 0 Å². The Morgan fingerprint density at radius 2 is 1.33 bits per heavy atom. The molecule has 0 N–H and O–H groups in total. The van der Waals surface area contributed by atoms with Gasteiger partial charge < -0.3 is 4.84 Å². The van der Waals surface area contributed by atoms with Crippen molar-refractivity contribution in [3.05, 3.63) is 46.0 Å². The molecule has 1 aliphatic heterocycles. The fraction of sp³-hybridized carbons (Fsp3) is 0.312. The molecule has 2 bridgehead atoms. The van der Waals surface area contributed by atoms with E-state index in [2.05, 4.69) is 0 Å². The molecule has 1 saturated heterocycles. The number of hydroxylamine groups is 2. The van der Waals surface area contributed by atoms with Crippen molar-refractivity contribution in [1.82, 2.24) is 5.06 Å². The first-order chi connectivity index (χ1) is 12.5. The van der Waals surface area contributed by atoms with Crippen LogP contribution < -0.4 is 0 Å². The Morgan fingerprint density at radius 1 is 0.889 bits per heavy atom. The summed E-state index contributed by atoms with van der Waals surface area (Å²) < 4.78 is -2.03. The third-order valence-electron chi connectivity index (χ3n) is 5.05. The summed E-state index contributed by atoms with van der Waals surface area (Å²) >= 11 is 38.1. The molecule has 11 heteroatoms. The van der Waals surface area contributed by atoms with Crippen LogP contribution in [0.5, 0.6) is 0 Å². The van der Waals surface area contributed by atoms with Crippen molar-refractivity contribution in [3.8, 4) is 0 Å². The summed E-state index contributed by atoms with van der Waals surface area (Å²) in [6.45, 7) is 0. The second-order valence-corrected chi connectivity index (χ2v) is 9.57. The number of carbonyl (C=O) groups is 3. The quantitative estimate of drug-likeness (QED) is 0.461. The van der Waals surface area contributed by atoms with E-state index in [0.29, 0.717) is 5.06 Å². The largest absolute Gasteiger partial charge is 0.363 e. The molecule has 0 radical (unpaired) electrons. The van der Waals surface area contributed by atoms with E-state index >= 15 is 0 Å². The summed E-state index contributed by atoms with van der Waals surface area (Å²) in [5.41, 5.74) is 0.137. The Labute approximate surface area is 183 Å². The van der Waals surface area contributed by atoms with Crippen molar-refractivity contribution in [2.45, 2.75) is 14.1 Å². The fourth-order valence-corrected chi connectivity index (χ4v) is 6.70. The van der Waals surface area contributed by atoms with Gasteiger partial charge in [0.15, 0.2) is 4.33 Å². The monoisotopic (exact) mass is 487 g/mol. The number of imide groups is 1. The lowest BCUT2D eigenvalue weighted by molar-refractivity contribution is -0.175. The number of nitrogens with zero attached hydrogens (tertiary/aromatic N) is 1. The standard InChI is InChI=1S/C16H7Cl6NO4/c17-9-10(18)15(20)8-7(14(9,19)16(15,21)22)11(24)23(12(8)25)27-13(26)6-4-2-1-3-5-6/h1-5,7-8H/t7-,8-,14+,15+/m0/s1. The van der Waals surface area contributed by atoms with E-state index in [-0.39, 0.29) is 15.6 Å². The maximum atomic E-state index is 12.9. The highest BCUT2D eigenvalue weighted by Gasteiger charge is 2.88. The number of alkyl halides is 4. The zero-order chi connectivity index (χ0) is 19.9. The van der Waals surface area contributed by atoms with E-state index in [4.69, 9.17) is 74.4 Å². The van der Waals surface area contributed by atoms with Crippen molar-refractivity contribution in [1.29, 1.82) is 0 Å². The third-order valence-corrected chi connectivity index (χ3v) is 9.31. The van der Waals surface area contributed by atoms with Gasteiger partial charge >= 0.3 is 5.97 Å². The molecule has 0 spiro atoms. The summed E-state index contributed by atoms with van der Waals surface area (Å²) in [5.74, 6) is -5.47. The Kier molecular flexibility index (Phi) is 4.29. The minimum absolute atomic E-state index is 0.137. The van der Waals surface area contributed by atoms with E-state index in [1.54, 1.807) is 18.2 Å². The number of allylic oxidation sites excluding steroid dienone is 2. The average molecular weight is 490 g/mol. The molecule has 3 aliphatic rings. The highest BCUT2D eigenvalue weighted by atomic mass is 35.5. The van der Waals surface area contributed by atoms with Gasteiger partial charge in [0, 0.05) is 0 Å². The molecular formula is C16H7Cl6NO4. The summed E-state index contributed by atoms with van der Waals surface area (Å²) in [7, 11) is 0. The molecule has 0 aromatic heterocycles. The normalized spacial score (nSPS) is 36.4. The van der Waals surface area contributed by atoms with Gasteiger partial charge in [0.25, 0.3) is 11.8 Å². The number of hydrogen-bond donors (Lipinski definition) is 0. The first-order valence-corrected chi connectivity index (χ1v) is 9.75. The van der Waals surface area contributed by atoms with Crippen LogP contribution in [0.3, 0.4) is 0 Å². The van der Waals surface area contributed by atoms with Crippen LogP contribution in [-0.2, 0) is 14.4 Å². The number of benzene rings is 1. The highest BCUT2D eigenvalue weighted by molar-refractivity contribution is 6.66. The predicted octanol–water partition coefficient (Wildman–Crippen LogP) is 4.21. The number of rotatable bonds is 2. The van der Waals surface area contributed by atoms with Crippen LogP contribution in [-0.4, -0.2) is 36.9 Å². The molecule has 1 aromatic rings. The van der Waals surface area contributed by atoms with Crippen LogP contribution in [0.2, 0.25) is 0 Å². The van der Waals surface area contributed by atoms with Crippen LogP contribution in [0.25, 0.3) is 0 Å². The van der Waals surface area contributed by atoms with E-state index in [0.717, 1.165) is 0 Å². The number of amides is 2. The second kappa shape index (κ2) is 5.91. The van der Waals surface area contributed by atoms with E-state index < -0.39 is 43.7 Å². The van der Waals surface area contributed by atoms with Crippen molar-refractivity contribution >= 4 is 87.4 Å². The maximum Gasteiger partial charge on any atom is 0.363 e. The summed E-state index contributed by atoms with van der Waals surface area (Å²) in [6.07, 6.45) is 0. The maximum absolute atomic E-state index is 12.9. The zero-order valence-corrected chi connectivity index (χ0v) is 17.4. The minimum Gasteiger partial charge on any atom is -0.325 e. The Hall–Kier alpha value is -0.690. The number of halogens is 6. The molecule has 1 saturated carbocycles. The van der Waals surface area contributed by atoms with Crippen LogP contribution in [0.4, 0.5) is 0 Å². The van der Waals surface area contributed by atoms with Gasteiger partial charge in [-0.3, -0.25) is 9.59 Å². The Balaban J connectivity index is 1.74. The van der Waals surface area contributed by atoms with Crippen LogP contribution in [0.1, 0.15) is 10.4 Å². The zero-order valence-electron chi connectivity index (χ0n) is 12.9. The number of carbonyl (C=O) groups excluding carboxylic acids is 3. The SMILES string of the molecule is O=C(ON1C(=O)[C@@H]2[C@@H](C1=O)[C@@]1(Cl)C(Cl)=C(Cl)[C@@]2(Cl)C1(Cl)Cl)c1ccccc1. The highest BCUT2D eigenvalue weighted by Crippen LogP contribution is 2.77. The molecule has 142 valence electrons. The van der Waals surface area contributed by atoms with Gasteiger partial charge in [-0.25, -0.2) is 4.79 Å². The molecular weight excluding hydrogens is 483 g/mol. The number of hydrogen-bond acceptors (Lipinski definition) is 4. The fourth-order valence-electron chi connectivity index (χ4n) is 3.77. The summed E-state index contributed by atoms with van der Waals surface area (Å²) in [5, 5.41) is -0.115. The van der Waals surface area contributed by atoms with Crippen molar-refractivity contribution in [2.24, 2.45) is 11.8 Å². The lowest BCUT2D eigenvalue weighted by Crippen LogP contribution is -2.50. The van der Waals surface area contributed by atoms with Crippen LogP contribution in [0, 0.1) is 11.8 Å². The molecule has 4 atom stereocenters. The Morgan fingerprint density at radius 3 is 1.78 bits per heavy atom. The van der Waals surface area contributed by atoms with Gasteiger partial charge in [0.05, 0.1) is 27.5 Å². The van der Waals surface area contributed by atoms with Gasteiger partial charge in [-0.1, -0.05) is 64.6 Å². The molecule has 1 aromatic carbocycles. The lowest BCUT2D eigenvalue weighted by Gasteiger charge is -2.34. The molecule has 0 unspecified atom stereocenters. The molecule has 5 nitrogen and oxygen atoms in total. The summed E-state index contributed by atoms with van der Waals surface area (Å²) in [6, 6.07) is 7.80. The third kappa shape index (κ3) is 2.08. The van der Waals surface area contributed by atoms with Gasteiger partial charge in [-0.2, -0.15) is 0 Å². The first-order valence-electron chi connectivity index (χ1n) is 7.48. The lowest BCUT2D eigenvalue weighted by atomic mass is 9.84. The number of fused-ring (bicyclic) bond motifs is 5. The molecule has 2 aliphatic carbocycles. The van der Waals surface area contributed by atoms with Crippen molar-refractivity contribution in [3.63, 3.8) is 0 Å². The minimum atomic E-state index is -2.03. The molecule has 1 heterocycles. The smallest absolute Gasteiger partial charge is 0.325 e. The first kappa shape index (κ1) is 19.6. The van der Waals surface area contributed by atoms with E-state index in [9.17, 15) is 14.4 Å². The molecule has 4 rings (SSSR count). The van der Waals surface area contributed by atoms with Crippen molar-refractivity contribution < 1.29 is 19.2 Å². The molecule has 2 amide bonds. The van der Waals surface area contributed by atoms with Crippen molar-refractivity contribution in [2.75, 3.05) is 0 Å². The molecule has 27 heavy (non-hydrogen) atoms. The van der Waals surface area contributed by atoms with Gasteiger partial charge in [-0.15, -0.1) is 28.3 Å². The Bertz CT molecular complexity index is 888. The summed E-state index contributed by atoms with van der Waals surface area (Å²) in [4.78, 5) is 39.1. The van der Waals surface area contributed by atoms with Crippen LogP contribution in [0.15, 0.2) is 40.4 Å². The van der Waals surface area contributed by atoms with Gasteiger partial charge in [-0.05, 0) is 12.1 Å². The van der Waals surface area contributed by atoms with Crippen LogP contribution >= 0.6 is 69.6 Å². The average Bonchev–Trinajstić information content (AvgIpc) is 3.01. The predicted molar refractivity (Wildman–Crippen MR) is 101 cm³/mol. The van der Waals surface area contributed by atoms with E-state index in [1.807, 2.05) is 0 Å².